The molecule has 0 radical (unpaired) electrons. The molecule has 0 unspecified atom stereocenters. The fourth-order valence-corrected chi connectivity index (χ4v) is 1.70. The minimum Gasteiger partial charge on any atom is -0.478 e. The zero-order valence-corrected chi connectivity index (χ0v) is 8.96. The molecule has 0 bridgehead atoms. The zero-order valence-electron chi connectivity index (χ0n) is 6.05. The highest BCUT2D eigenvalue weighted by atomic mass is 127. The normalized spacial score (nSPS) is 9.83. The number of carboxylic acids is 1. The first-order valence-corrected chi connectivity index (χ1v) is 5.13. The van der Waals surface area contributed by atoms with Crippen LogP contribution in [0.1, 0.15) is 15.9 Å². The van der Waals surface area contributed by atoms with Crippen molar-refractivity contribution in [1.29, 1.82) is 0 Å². The van der Waals surface area contributed by atoms with E-state index in [0.29, 0.717) is 9.45 Å². The maximum atomic E-state index is 10.7. The molecule has 2 nitrogen and oxygen atoms in total. The molecule has 1 N–H and O–H groups in total. The highest BCUT2D eigenvalue weighted by molar-refractivity contribution is 14.1. The lowest BCUT2D eigenvalue weighted by atomic mass is 10.1. The van der Waals surface area contributed by atoms with E-state index in [-0.39, 0.29) is 5.56 Å². The smallest absolute Gasteiger partial charge is 0.336 e. The zero-order chi connectivity index (χ0) is 9.14. The molecular weight excluding hydrogens is 290 g/mol. The van der Waals surface area contributed by atoms with E-state index in [1.54, 1.807) is 12.1 Å². The summed E-state index contributed by atoms with van der Waals surface area (Å²) in [4.78, 5) is 10.7. The van der Waals surface area contributed by atoms with Gasteiger partial charge in [0.1, 0.15) is 0 Å². The van der Waals surface area contributed by atoms with Crippen molar-refractivity contribution in [2.24, 2.45) is 0 Å². The molecule has 12 heavy (non-hydrogen) atoms. The minimum absolute atomic E-state index is 0.289. The van der Waals surface area contributed by atoms with Crippen molar-refractivity contribution in [3.8, 4) is 0 Å². The number of alkyl halides is 1. The van der Waals surface area contributed by atoms with E-state index >= 15 is 0 Å². The van der Waals surface area contributed by atoms with Crippen LogP contribution in [0.2, 0.25) is 5.02 Å². The monoisotopic (exact) mass is 296 g/mol. The fourth-order valence-electron chi connectivity index (χ4n) is 0.864. The van der Waals surface area contributed by atoms with E-state index in [1.807, 2.05) is 0 Å². The van der Waals surface area contributed by atoms with Crippen LogP contribution in [-0.4, -0.2) is 11.1 Å². The lowest BCUT2D eigenvalue weighted by Crippen LogP contribution is -2.00. The second-order valence-corrected chi connectivity index (χ2v) is 3.44. The molecule has 64 valence electrons. The number of benzene rings is 1. The molecule has 0 amide bonds. The molecular formula is C8H6ClIO2. The molecule has 1 aromatic carbocycles. The maximum Gasteiger partial charge on any atom is 0.336 e. The Morgan fingerprint density at radius 2 is 2.25 bits per heavy atom. The molecule has 0 aliphatic heterocycles. The number of carbonyl (C=O) groups is 1. The van der Waals surface area contributed by atoms with Gasteiger partial charge < -0.3 is 5.11 Å². The lowest BCUT2D eigenvalue weighted by molar-refractivity contribution is 0.0696. The molecule has 0 saturated carbocycles. The number of aromatic carboxylic acids is 1. The highest BCUT2D eigenvalue weighted by Gasteiger charge is 2.08. The van der Waals surface area contributed by atoms with E-state index < -0.39 is 5.97 Å². The molecule has 0 spiro atoms. The van der Waals surface area contributed by atoms with Crippen molar-refractivity contribution in [3.63, 3.8) is 0 Å². The van der Waals surface area contributed by atoms with Gasteiger partial charge in [0, 0.05) is 9.45 Å². The topological polar surface area (TPSA) is 37.3 Å². The Balaban J connectivity index is 3.21. The van der Waals surface area contributed by atoms with Gasteiger partial charge in [0.15, 0.2) is 0 Å². The van der Waals surface area contributed by atoms with Crippen LogP contribution >= 0.6 is 34.2 Å². The van der Waals surface area contributed by atoms with Gasteiger partial charge in [-0.3, -0.25) is 0 Å². The Kier molecular flexibility index (Phi) is 3.34. The third-order valence-electron chi connectivity index (χ3n) is 1.45. The predicted molar refractivity (Wildman–Crippen MR) is 56.1 cm³/mol. The van der Waals surface area contributed by atoms with Gasteiger partial charge in [-0.1, -0.05) is 40.3 Å². The second kappa shape index (κ2) is 4.09. The number of carboxylic acid groups (broad SMARTS) is 1. The fraction of sp³-hybridized carbons (Fsp3) is 0.125. The predicted octanol–water partition coefficient (Wildman–Crippen LogP) is 2.97. The summed E-state index contributed by atoms with van der Waals surface area (Å²) in [6, 6.07) is 4.90. The van der Waals surface area contributed by atoms with Crippen molar-refractivity contribution in [2.45, 2.75) is 4.43 Å². The molecule has 0 saturated heterocycles. The van der Waals surface area contributed by atoms with Gasteiger partial charge in [-0.15, -0.1) is 0 Å². The molecule has 1 rings (SSSR count). The number of rotatable bonds is 2. The molecule has 0 atom stereocenters. The van der Waals surface area contributed by atoms with Crippen LogP contribution in [0.3, 0.4) is 0 Å². The van der Waals surface area contributed by atoms with E-state index in [0.717, 1.165) is 5.56 Å². The number of halogens is 2. The van der Waals surface area contributed by atoms with Gasteiger partial charge >= 0.3 is 5.97 Å². The molecule has 0 heterocycles. The summed E-state index contributed by atoms with van der Waals surface area (Å²) in [5.74, 6) is -0.927. The quantitative estimate of drug-likeness (QED) is 0.673. The minimum atomic E-state index is -0.927. The van der Waals surface area contributed by atoms with Crippen molar-refractivity contribution in [2.75, 3.05) is 0 Å². The largest absolute Gasteiger partial charge is 0.478 e. The molecule has 1 aromatic rings. The average Bonchev–Trinajstić information content (AvgIpc) is 2.04. The van der Waals surface area contributed by atoms with Crippen molar-refractivity contribution >= 4 is 40.2 Å². The van der Waals surface area contributed by atoms with Gasteiger partial charge in [0.2, 0.25) is 0 Å². The van der Waals surface area contributed by atoms with Gasteiger partial charge in [0.05, 0.1) is 5.56 Å². The summed E-state index contributed by atoms with van der Waals surface area (Å²) in [6.45, 7) is 0. The van der Waals surface area contributed by atoms with Crippen molar-refractivity contribution < 1.29 is 9.90 Å². The number of hydrogen-bond acceptors (Lipinski definition) is 1. The van der Waals surface area contributed by atoms with Gasteiger partial charge in [0.25, 0.3) is 0 Å². The second-order valence-electron chi connectivity index (χ2n) is 2.24. The summed E-state index contributed by atoms with van der Waals surface area (Å²) >= 11 is 7.77. The summed E-state index contributed by atoms with van der Waals surface area (Å²) in [5, 5.41) is 9.22. The third-order valence-corrected chi connectivity index (χ3v) is 2.50. The lowest BCUT2D eigenvalue weighted by Gasteiger charge is -2.01. The van der Waals surface area contributed by atoms with E-state index in [4.69, 9.17) is 16.7 Å². The first-order chi connectivity index (χ1) is 5.65. The van der Waals surface area contributed by atoms with Crippen LogP contribution in [0, 0.1) is 0 Å². The Bertz CT molecular complexity index is 312. The number of hydrogen-bond donors (Lipinski definition) is 1. The standard InChI is InChI=1S/C8H6ClIO2/c9-6-2-1-5(4-10)7(3-6)8(11)12/h1-3H,4H2,(H,11,12). The molecule has 4 heteroatoms. The van der Waals surface area contributed by atoms with Crippen LogP contribution in [0.4, 0.5) is 0 Å². The molecule has 0 fully saturated rings. The van der Waals surface area contributed by atoms with Crippen LogP contribution < -0.4 is 0 Å². The Morgan fingerprint density at radius 3 is 2.75 bits per heavy atom. The Hall–Kier alpha value is -0.290. The van der Waals surface area contributed by atoms with Crippen LogP contribution in [0.15, 0.2) is 18.2 Å². The van der Waals surface area contributed by atoms with Crippen LogP contribution in [-0.2, 0) is 4.43 Å². The van der Waals surface area contributed by atoms with E-state index in [2.05, 4.69) is 22.6 Å². The summed E-state index contributed by atoms with van der Waals surface area (Å²) in [5.41, 5.74) is 1.09. The average molecular weight is 296 g/mol. The summed E-state index contributed by atoms with van der Waals surface area (Å²) < 4.78 is 0.677. The Morgan fingerprint density at radius 1 is 1.58 bits per heavy atom. The first kappa shape index (κ1) is 9.80. The van der Waals surface area contributed by atoms with Crippen molar-refractivity contribution in [1.82, 2.24) is 0 Å². The highest BCUT2D eigenvalue weighted by Crippen LogP contribution is 2.18. The first-order valence-electron chi connectivity index (χ1n) is 3.23. The van der Waals surface area contributed by atoms with Crippen molar-refractivity contribution in [3.05, 3.63) is 34.3 Å². The van der Waals surface area contributed by atoms with Gasteiger partial charge in [-0.25, -0.2) is 4.79 Å². The van der Waals surface area contributed by atoms with Gasteiger partial charge in [-0.2, -0.15) is 0 Å². The van der Waals surface area contributed by atoms with Gasteiger partial charge in [-0.05, 0) is 17.7 Å². The van der Waals surface area contributed by atoms with Crippen LogP contribution in [0.5, 0.6) is 0 Å². The Labute approximate surface area is 88.7 Å². The third kappa shape index (κ3) is 2.10. The summed E-state index contributed by atoms with van der Waals surface area (Å²) in [7, 11) is 0. The molecule has 0 aliphatic rings. The molecule has 0 aliphatic carbocycles. The SMILES string of the molecule is O=C(O)c1cc(Cl)ccc1CI. The van der Waals surface area contributed by atoms with Crippen LogP contribution in [0.25, 0.3) is 0 Å². The molecule has 0 aromatic heterocycles. The van der Waals surface area contributed by atoms with E-state index in [9.17, 15) is 4.79 Å². The van der Waals surface area contributed by atoms with E-state index in [1.165, 1.54) is 6.07 Å². The maximum absolute atomic E-state index is 10.7. The summed E-state index contributed by atoms with van der Waals surface area (Å²) in [6.07, 6.45) is 0.